The molecule has 1 unspecified atom stereocenters. The van der Waals surface area contributed by atoms with Crippen LogP contribution < -0.4 is 5.32 Å². The summed E-state index contributed by atoms with van der Waals surface area (Å²) in [5.41, 5.74) is -0.995. The Labute approximate surface area is 105 Å². The third-order valence-corrected chi connectivity index (χ3v) is 3.08. The first-order chi connectivity index (χ1) is 8.31. The van der Waals surface area contributed by atoms with Gasteiger partial charge in [-0.3, -0.25) is 4.79 Å². The number of rotatable bonds is 4. The number of carboxylic acid groups (broad SMARTS) is 1. The van der Waals surface area contributed by atoms with Crippen LogP contribution in [0.2, 0.25) is 0 Å². The van der Waals surface area contributed by atoms with Crippen LogP contribution in [0.15, 0.2) is 18.2 Å². The molecule has 1 atom stereocenters. The van der Waals surface area contributed by atoms with Gasteiger partial charge >= 0.3 is 5.97 Å². The normalized spacial score (nSPS) is 13.8. The van der Waals surface area contributed by atoms with Crippen molar-refractivity contribution in [3.05, 3.63) is 35.1 Å². The van der Waals surface area contributed by atoms with Crippen molar-refractivity contribution in [1.29, 1.82) is 0 Å². The SMILES string of the molecule is CCC(C)(NC(=O)c1cccc(F)c1C)C(=O)O. The molecule has 1 rings (SSSR count). The Bertz CT molecular complexity index is 487. The standard InChI is InChI=1S/C13H16FNO3/c1-4-13(3,12(17)18)15-11(16)9-6-5-7-10(14)8(9)2/h5-7H,4H2,1-3H3,(H,15,16)(H,17,18). The Balaban J connectivity index is 3.02. The van der Waals surface area contributed by atoms with Gasteiger partial charge in [0.15, 0.2) is 0 Å². The summed E-state index contributed by atoms with van der Waals surface area (Å²) in [5, 5.41) is 11.5. The molecule has 4 nitrogen and oxygen atoms in total. The molecule has 0 bridgehead atoms. The quantitative estimate of drug-likeness (QED) is 0.863. The monoisotopic (exact) mass is 253 g/mol. The van der Waals surface area contributed by atoms with Crippen LogP contribution in [-0.4, -0.2) is 22.5 Å². The Kier molecular flexibility index (Phi) is 4.06. The highest BCUT2D eigenvalue weighted by molar-refractivity contribution is 5.98. The Morgan fingerprint density at radius 2 is 2.06 bits per heavy atom. The van der Waals surface area contributed by atoms with E-state index in [4.69, 9.17) is 5.11 Å². The van der Waals surface area contributed by atoms with Crippen molar-refractivity contribution >= 4 is 11.9 Å². The number of nitrogens with one attached hydrogen (secondary N) is 1. The molecule has 0 aromatic heterocycles. The van der Waals surface area contributed by atoms with Crippen molar-refractivity contribution in [3.63, 3.8) is 0 Å². The predicted molar refractivity (Wildman–Crippen MR) is 64.9 cm³/mol. The molecular weight excluding hydrogens is 237 g/mol. The van der Waals surface area contributed by atoms with Gasteiger partial charge in [0.1, 0.15) is 11.4 Å². The highest BCUT2D eigenvalue weighted by Crippen LogP contribution is 2.15. The lowest BCUT2D eigenvalue weighted by Gasteiger charge is -2.25. The molecule has 1 aromatic carbocycles. The lowest BCUT2D eigenvalue weighted by Crippen LogP contribution is -2.51. The lowest BCUT2D eigenvalue weighted by molar-refractivity contribution is -0.143. The molecule has 0 fully saturated rings. The number of amides is 1. The van der Waals surface area contributed by atoms with E-state index in [2.05, 4.69) is 5.32 Å². The molecule has 5 heteroatoms. The Hall–Kier alpha value is -1.91. The molecule has 0 spiro atoms. The average molecular weight is 253 g/mol. The van der Waals surface area contributed by atoms with Gasteiger partial charge in [0, 0.05) is 5.56 Å². The summed E-state index contributed by atoms with van der Waals surface area (Å²) in [6.07, 6.45) is 0.239. The number of aliphatic carboxylic acids is 1. The molecule has 98 valence electrons. The van der Waals surface area contributed by atoms with E-state index in [0.717, 1.165) is 0 Å². The van der Waals surface area contributed by atoms with E-state index in [1.165, 1.54) is 32.0 Å². The molecule has 1 amide bonds. The summed E-state index contributed by atoms with van der Waals surface area (Å²) >= 11 is 0. The first kappa shape index (κ1) is 14.2. The van der Waals surface area contributed by atoms with Gasteiger partial charge in [-0.25, -0.2) is 9.18 Å². The number of carbonyl (C=O) groups is 2. The molecule has 0 heterocycles. The lowest BCUT2D eigenvalue weighted by atomic mass is 9.98. The van der Waals surface area contributed by atoms with Crippen LogP contribution in [-0.2, 0) is 4.79 Å². The summed E-state index contributed by atoms with van der Waals surface area (Å²) in [5.74, 6) is -2.19. The maximum atomic E-state index is 13.3. The van der Waals surface area contributed by atoms with Gasteiger partial charge in [-0.1, -0.05) is 13.0 Å². The van der Waals surface area contributed by atoms with Crippen molar-refractivity contribution in [2.24, 2.45) is 0 Å². The topological polar surface area (TPSA) is 66.4 Å². The Morgan fingerprint density at radius 3 is 2.56 bits per heavy atom. The number of hydrogen-bond donors (Lipinski definition) is 2. The molecule has 0 aliphatic rings. The van der Waals surface area contributed by atoms with E-state index < -0.39 is 23.2 Å². The van der Waals surface area contributed by atoms with E-state index in [1.54, 1.807) is 6.92 Å². The number of carbonyl (C=O) groups excluding carboxylic acids is 1. The summed E-state index contributed by atoms with van der Waals surface area (Å²) in [4.78, 5) is 23.0. The molecule has 0 aliphatic carbocycles. The number of benzene rings is 1. The van der Waals surface area contributed by atoms with Gasteiger partial charge in [0.25, 0.3) is 5.91 Å². The highest BCUT2D eigenvalue weighted by Gasteiger charge is 2.33. The average Bonchev–Trinajstić information content (AvgIpc) is 2.32. The van der Waals surface area contributed by atoms with Crippen molar-refractivity contribution < 1.29 is 19.1 Å². The van der Waals surface area contributed by atoms with Crippen molar-refractivity contribution in [3.8, 4) is 0 Å². The zero-order valence-electron chi connectivity index (χ0n) is 10.6. The van der Waals surface area contributed by atoms with Gasteiger partial charge in [-0.2, -0.15) is 0 Å². The first-order valence-corrected chi connectivity index (χ1v) is 5.63. The summed E-state index contributed by atoms with van der Waals surface area (Å²) in [6.45, 7) is 4.56. The fourth-order valence-corrected chi connectivity index (χ4v) is 1.46. The van der Waals surface area contributed by atoms with Gasteiger partial charge in [-0.05, 0) is 38.0 Å². The maximum absolute atomic E-state index is 13.3. The number of halogens is 1. The summed E-state index contributed by atoms with van der Waals surface area (Å²) in [7, 11) is 0. The number of hydrogen-bond acceptors (Lipinski definition) is 2. The second-order valence-corrected chi connectivity index (χ2v) is 4.36. The largest absolute Gasteiger partial charge is 0.480 e. The van der Waals surface area contributed by atoms with Gasteiger partial charge in [0.05, 0.1) is 0 Å². The maximum Gasteiger partial charge on any atom is 0.329 e. The van der Waals surface area contributed by atoms with Crippen molar-refractivity contribution in [2.75, 3.05) is 0 Å². The third kappa shape index (κ3) is 2.67. The molecule has 0 saturated carbocycles. The van der Waals surface area contributed by atoms with Crippen LogP contribution >= 0.6 is 0 Å². The van der Waals surface area contributed by atoms with Gasteiger partial charge in [0.2, 0.25) is 0 Å². The van der Waals surface area contributed by atoms with E-state index in [-0.39, 0.29) is 17.5 Å². The van der Waals surface area contributed by atoms with Crippen LogP contribution in [0.3, 0.4) is 0 Å². The van der Waals surface area contributed by atoms with E-state index >= 15 is 0 Å². The van der Waals surface area contributed by atoms with Gasteiger partial charge < -0.3 is 10.4 Å². The van der Waals surface area contributed by atoms with E-state index in [0.29, 0.717) is 0 Å². The summed E-state index contributed by atoms with van der Waals surface area (Å²) < 4.78 is 13.3. The number of carboxylic acids is 1. The second-order valence-electron chi connectivity index (χ2n) is 4.36. The minimum absolute atomic E-state index is 0.149. The molecule has 0 saturated heterocycles. The molecule has 0 radical (unpaired) electrons. The fraction of sp³-hybridized carbons (Fsp3) is 0.385. The minimum Gasteiger partial charge on any atom is -0.480 e. The van der Waals surface area contributed by atoms with Crippen LogP contribution in [0.5, 0.6) is 0 Å². The highest BCUT2D eigenvalue weighted by atomic mass is 19.1. The van der Waals surface area contributed by atoms with Crippen molar-refractivity contribution in [2.45, 2.75) is 32.7 Å². The van der Waals surface area contributed by atoms with Crippen LogP contribution in [0.25, 0.3) is 0 Å². The zero-order valence-corrected chi connectivity index (χ0v) is 10.6. The fourth-order valence-electron chi connectivity index (χ4n) is 1.46. The van der Waals surface area contributed by atoms with Crippen LogP contribution in [0.4, 0.5) is 4.39 Å². The summed E-state index contributed by atoms with van der Waals surface area (Å²) in [6, 6.07) is 4.13. The van der Waals surface area contributed by atoms with Crippen LogP contribution in [0, 0.1) is 12.7 Å². The Morgan fingerprint density at radius 1 is 1.44 bits per heavy atom. The smallest absolute Gasteiger partial charge is 0.329 e. The molecule has 2 N–H and O–H groups in total. The van der Waals surface area contributed by atoms with E-state index in [9.17, 15) is 14.0 Å². The minimum atomic E-state index is -1.35. The van der Waals surface area contributed by atoms with Crippen molar-refractivity contribution in [1.82, 2.24) is 5.32 Å². The molecule has 0 aliphatic heterocycles. The predicted octanol–water partition coefficient (Wildman–Crippen LogP) is 2.12. The second kappa shape index (κ2) is 5.16. The molecule has 18 heavy (non-hydrogen) atoms. The van der Waals surface area contributed by atoms with E-state index in [1.807, 2.05) is 0 Å². The third-order valence-electron chi connectivity index (χ3n) is 3.08. The molecular formula is C13H16FNO3. The van der Waals surface area contributed by atoms with Crippen LogP contribution in [0.1, 0.15) is 36.2 Å². The first-order valence-electron chi connectivity index (χ1n) is 5.63. The van der Waals surface area contributed by atoms with Gasteiger partial charge in [-0.15, -0.1) is 0 Å². The molecule has 1 aromatic rings. The zero-order chi connectivity index (χ0) is 13.9.